The van der Waals surface area contributed by atoms with Gasteiger partial charge in [0.25, 0.3) is 5.89 Å². The third kappa shape index (κ3) is 3.52. The van der Waals surface area contributed by atoms with Crippen molar-refractivity contribution in [3.63, 3.8) is 0 Å². The standard InChI is InChI=1S/C18H16ClN3O4/c1-9-15(11(3)23)10(2)20-16(9)18(24)25-8-14-21-22-17(26-14)12-4-6-13(19)7-5-12/h4-7,20H,8H2,1-3H3. The molecular formula is C18H16ClN3O4. The molecule has 1 aromatic carbocycles. The predicted octanol–water partition coefficient (Wildman–Crippen LogP) is 3.89. The lowest BCUT2D eigenvalue weighted by atomic mass is 10.1. The van der Waals surface area contributed by atoms with Crippen LogP contribution in [-0.2, 0) is 11.3 Å². The number of carbonyl (C=O) groups is 2. The van der Waals surface area contributed by atoms with E-state index in [0.717, 1.165) is 0 Å². The van der Waals surface area contributed by atoms with Crippen molar-refractivity contribution in [1.82, 2.24) is 15.2 Å². The van der Waals surface area contributed by atoms with Crippen LogP contribution in [0.25, 0.3) is 11.5 Å². The van der Waals surface area contributed by atoms with E-state index >= 15 is 0 Å². The quantitative estimate of drug-likeness (QED) is 0.538. The summed E-state index contributed by atoms with van der Waals surface area (Å²) in [5, 5.41) is 8.39. The summed E-state index contributed by atoms with van der Waals surface area (Å²) < 4.78 is 10.7. The van der Waals surface area contributed by atoms with Crippen molar-refractivity contribution in [3.8, 4) is 11.5 Å². The maximum Gasteiger partial charge on any atom is 0.355 e. The molecule has 0 aliphatic carbocycles. The molecule has 0 atom stereocenters. The van der Waals surface area contributed by atoms with Crippen LogP contribution in [0.15, 0.2) is 28.7 Å². The lowest BCUT2D eigenvalue weighted by Gasteiger charge is -2.01. The summed E-state index contributed by atoms with van der Waals surface area (Å²) in [7, 11) is 0. The number of nitrogens with one attached hydrogen (secondary N) is 1. The number of aromatic nitrogens is 3. The minimum Gasteiger partial charge on any atom is -0.451 e. The Morgan fingerprint density at radius 3 is 2.50 bits per heavy atom. The Hall–Kier alpha value is -2.93. The number of halogens is 1. The minimum absolute atomic E-state index is 0.111. The summed E-state index contributed by atoms with van der Waals surface area (Å²) in [4.78, 5) is 26.8. The van der Waals surface area contributed by atoms with Gasteiger partial charge in [-0.05, 0) is 50.6 Å². The zero-order chi connectivity index (χ0) is 18.8. The number of carbonyl (C=O) groups excluding carboxylic acids is 2. The summed E-state index contributed by atoms with van der Waals surface area (Å²) in [6.45, 7) is 4.71. The van der Waals surface area contributed by atoms with Crippen LogP contribution < -0.4 is 0 Å². The Kier molecular flexibility index (Phi) is 4.90. The Balaban J connectivity index is 1.70. The third-order valence-corrected chi connectivity index (χ3v) is 4.13. The van der Waals surface area contributed by atoms with E-state index in [2.05, 4.69) is 15.2 Å². The number of hydrogen-bond acceptors (Lipinski definition) is 6. The molecule has 0 spiro atoms. The molecular weight excluding hydrogens is 358 g/mol. The number of Topliss-reactive ketones (excluding diaryl/α,β-unsaturated/α-hetero) is 1. The molecule has 0 aliphatic heterocycles. The van der Waals surface area contributed by atoms with Gasteiger partial charge in [-0.15, -0.1) is 10.2 Å². The van der Waals surface area contributed by atoms with Crippen LogP contribution >= 0.6 is 11.6 Å². The number of rotatable bonds is 5. The second kappa shape index (κ2) is 7.13. The van der Waals surface area contributed by atoms with E-state index in [0.29, 0.717) is 33.3 Å². The molecule has 0 amide bonds. The van der Waals surface area contributed by atoms with Gasteiger partial charge < -0.3 is 14.1 Å². The molecule has 0 saturated heterocycles. The first-order valence-corrected chi connectivity index (χ1v) is 8.20. The van der Waals surface area contributed by atoms with Gasteiger partial charge in [-0.2, -0.15) is 0 Å². The largest absolute Gasteiger partial charge is 0.451 e. The van der Waals surface area contributed by atoms with E-state index in [-0.39, 0.29) is 24.0 Å². The lowest BCUT2D eigenvalue weighted by molar-refractivity contribution is 0.0431. The van der Waals surface area contributed by atoms with Gasteiger partial charge in [-0.1, -0.05) is 11.6 Å². The van der Waals surface area contributed by atoms with Gasteiger partial charge in [-0.25, -0.2) is 4.79 Å². The van der Waals surface area contributed by atoms with E-state index < -0.39 is 5.97 Å². The van der Waals surface area contributed by atoms with Crippen LogP contribution in [0.4, 0.5) is 0 Å². The van der Waals surface area contributed by atoms with Crippen LogP contribution in [0.2, 0.25) is 5.02 Å². The SMILES string of the molecule is CC(=O)c1c(C)[nH]c(C(=O)OCc2nnc(-c3ccc(Cl)cc3)o2)c1C. The number of hydrogen-bond donors (Lipinski definition) is 1. The summed E-state index contributed by atoms with van der Waals surface area (Å²) in [6, 6.07) is 6.92. The van der Waals surface area contributed by atoms with Gasteiger partial charge in [0, 0.05) is 21.8 Å². The fourth-order valence-corrected chi connectivity index (χ4v) is 2.83. The smallest absolute Gasteiger partial charge is 0.355 e. The molecule has 0 aliphatic rings. The Morgan fingerprint density at radius 1 is 1.19 bits per heavy atom. The number of aryl methyl sites for hydroxylation is 1. The molecule has 8 heteroatoms. The zero-order valence-electron chi connectivity index (χ0n) is 14.4. The summed E-state index contributed by atoms with van der Waals surface area (Å²) in [6.07, 6.45) is 0. The number of ketones is 1. The van der Waals surface area contributed by atoms with Gasteiger partial charge in [0.15, 0.2) is 12.4 Å². The highest BCUT2D eigenvalue weighted by Crippen LogP contribution is 2.22. The molecule has 2 heterocycles. The van der Waals surface area contributed by atoms with Crippen LogP contribution in [0.5, 0.6) is 0 Å². The van der Waals surface area contributed by atoms with Crippen LogP contribution in [0.1, 0.15) is 44.9 Å². The van der Waals surface area contributed by atoms with E-state index in [4.69, 9.17) is 20.8 Å². The number of ether oxygens (including phenoxy) is 1. The Bertz CT molecular complexity index is 973. The number of benzene rings is 1. The minimum atomic E-state index is -0.593. The fraction of sp³-hybridized carbons (Fsp3) is 0.222. The van der Waals surface area contributed by atoms with E-state index in [1.165, 1.54) is 6.92 Å². The predicted molar refractivity (Wildman–Crippen MR) is 94.1 cm³/mol. The molecule has 1 N–H and O–H groups in total. The van der Waals surface area contributed by atoms with Crippen LogP contribution in [0.3, 0.4) is 0 Å². The molecule has 3 rings (SSSR count). The van der Waals surface area contributed by atoms with Crippen LogP contribution in [-0.4, -0.2) is 26.9 Å². The molecule has 0 saturated carbocycles. The van der Waals surface area contributed by atoms with Gasteiger partial charge >= 0.3 is 5.97 Å². The first kappa shape index (κ1) is 17.9. The topological polar surface area (TPSA) is 98.1 Å². The van der Waals surface area contributed by atoms with Gasteiger partial charge in [0.05, 0.1) is 0 Å². The molecule has 0 radical (unpaired) electrons. The van der Waals surface area contributed by atoms with Crippen molar-refractivity contribution >= 4 is 23.4 Å². The molecule has 0 fully saturated rings. The molecule has 26 heavy (non-hydrogen) atoms. The number of esters is 1. The summed E-state index contributed by atoms with van der Waals surface area (Å²) in [5.41, 5.74) is 2.64. The lowest BCUT2D eigenvalue weighted by Crippen LogP contribution is -2.08. The zero-order valence-corrected chi connectivity index (χ0v) is 15.2. The highest BCUT2D eigenvalue weighted by Gasteiger charge is 2.21. The van der Waals surface area contributed by atoms with Gasteiger partial charge in [0.1, 0.15) is 5.69 Å². The number of nitrogens with zero attached hydrogens (tertiary/aromatic N) is 2. The number of H-pyrrole nitrogens is 1. The van der Waals surface area contributed by atoms with Crippen molar-refractivity contribution in [3.05, 3.63) is 57.7 Å². The molecule has 3 aromatic rings. The Morgan fingerprint density at radius 2 is 1.88 bits per heavy atom. The van der Waals surface area contributed by atoms with Gasteiger partial charge in [0.2, 0.25) is 5.89 Å². The van der Waals surface area contributed by atoms with E-state index in [1.54, 1.807) is 38.1 Å². The maximum atomic E-state index is 12.3. The summed E-state index contributed by atoms with van der Waals surface area (Å²) in [5.74, 6) is -0.237. The van der Waals surface area contributed by atoms with Crippen molar-refractivity contribution < 1.29 is 18.7 Å². The van der Waals surface area contributed by atoms with E-state index in [9.17, 15) is 9.59 Å². The monoisotopic (exact) mass is 373 g/mol. The van der Waals surface area contributed by atoms with Gasteiger partial charge in [-0.3, -0.25) is 4.79 Å². The molecule has 2 aromatic heterocycles. The van der Waals surface area contributed by atoms with Crippen molar-refractivity contribution in [1.29, 1.82) is 0 Å². The number of aromatic amines is 1. The molecule has 7 nitrogen and oxygen atoms in total. The maximum absolute atomic E-state index is 12.3. The summed E-state index contributed by atoms with van der Waals surface area (Å²) >= 11 is 5.84. The average molecular weight is 374 g/mol. The highest BCUT2D eigenvalue weighted by atomic mass is 35.5. The third-order valence-electron chi connectivity index (χ3n) is 3.88. The molecule has 0 unspecified atom stereocenters. The van der Waals surface area contributed by atoms with Crippen molar-refractivity contribution in [2.45, 2.75) is 27.4 Å². The molecule has 134 valence electrons. The Labute approximate surface area is 154 Å². The second-order valence-corrected chi connectivity index (χ2v) is 6.20. The molecule has 0 bridgehead atoms. The normalized spacial score (nSPS) is 10.8. The first-order chi connectivity index (χ1) is 12.4. The average Bonchev–Trinajstić information content (AvgIpc) is 3.18. The second-order valence-electron chi connectivity index (χ2n) is 5.77. The van der Waals surface area contributed by atoms with Crippen LogP contribution in [0, 0.1) is 13.8 Å². The van der Waals surface area contributed by atoms with E-state index in [1.807, 2.05) is 0 Å². The highest BCUT2D eigenvalue weighted by molar-refractivity contribution is 6.30. The van der Waals surface area contributed by atoms with Crippen molar-refractivity contribution in [2.24, 2.45) is 0 Å². The van der Waals surface area contributed by atoms with Crippen molar-refractivity contribution in [2.75, 3.05) is 0 Å². The fourth-order valence-electron chi connectivity index (χ4n) is 2.70. The first-order valence-electron chi connectivity index (χ1n) is 7.82.